The fourth-order valence-electron chi connectivity index (χ4n) is 3.95. The first-order chi connectivity index (χ1) is 16.1. The van der Waals surface area contributed by atoms with Crippen LogP contribution in [0.2, 0.25) is 0 Å². The summed E-state index contributed by atoms with van der Waals surface area (Å²) in [5, 5.41) is 0. The number of benzene rings is 2. The summed E-state index contributed by atoms with van der Waals surface area (Å²) in [4.78, 5) is 22.3. The lowest BCUT2D eigenvalue weighted by Crippen LogP contribution is -2.43. The zero-order valence-electron chi connectivity index (χ0n) is 19.4. The minimum absolute atomic E-state index is 0.0299. The van der Waals surface area contributed by atoms with E-state index in [0.29, 0.717) is 25.2 Å². The van der Waals surface area contributed by atoms with Gasteiger partial charge in [0.15, 0.2) is 0 Å². The predicted octanol–water partition coefficient (Wildman–Crippen LogP) is 3.22. The number of hydrogen-bond acceptors (Lipinski definition) is 5. The normalized spacial score (nSPS) is 14.2. The van der Waals surface area contributed by atoms with E-state index in [-0.39, 0.29) is 5.91 Å². The lowest BCUT2D eigenvalue weighted by atomic mass is 10.1. The minimum Gasteiger partial charge on any atom is -0.497 e. The number of amides is 1. The lowest BCUT2D eigenvalue weighted by molar-refractivity contribution is 0.0318. The molecule has 0 N–H and O–H groups in total. The number of carbonyl (C=O) groups excluding carboxylic acids is 1. The summed E-state index contributed by atoms with van der Waals surface area (Å²) in [5.74, 6) is 1.73. The Morgan fingerprint density at radius 2 is 1.82 bits per heavy atom. The topological polar surface area (TPSA) is 59.8 Å². The van der Waals surface area contributed by atoms with Crippen molar-refractivity contribution < 1.29 is 14.3 Å². The van der Waals surface area contributed by atoms with E-state index in [0.717, 1.165) is 55.5 Å². The lowest BCUT2D eigenvalue weighted by Gasteiger charge is -2.30. The van der Waals surface area contributed by atoms with E-state index < -0.39 is 0 Å². The number of hydrogen-bond donors (Lipinski definition) is 0. The molecule has 3 aromatic rings. The number of ether oxygens (including phenoxy) is 2. The Labute approximate surface area is 195 Å². The van der Waals surface area contributed by atoms with Gasteiger partial charge >= 0.3 is 0 Å². The predicted molar refractivity (Wildman–Crippen MR) is 128 cm³/mol. The number of aryl methyl sites for hydroxylation is 1. The second kappa shape index (κ2) is 11.1. The summed E-state index contributed by atoms with van der Waals surface area (Å²) in [5.41, 5.74) is 3.00. The summed E-state index contributed by atoms with van der Waals surface area (Å²) in [6.07, 6.45) is 3.77. The summed E-state index contributed by atoms with van der Waals surface area (Å²) in [6.45, 7) is 7.94. The van der Waals surface area contributed by atoms with Gasteiger partial charge < -0.3 is 18.9 Å². The van der Waals surface area contributed by atoms with Gasteiger partial charge in [0.05, 0.1) is 26.9 Å². The summed E-state index contributed by atoms with van der Waals surface area (Å²) in [7, 11) is 1.67. The minimum atomic E-state index is 0.0299. The van der Waals surface area contributed by atoms with Crippen molar-refractivity contribution in [3.8, 4) is 5.75 Å². The first-order valence-corrected chi connectivity index (χ1v) is 11.4. The van der Waals surface area contributed by atoms with Crippen molar-refractivity contribution in [1.82, 2.24) is 19.4 Å². The smallest absolute Gasteiger partial charge is 0.254 e. The zero-order valence-corrected chi connectivity index (χ0v) is 19.4. The van der Waals surface area contributed by atoms with Crippen LogP contribution in [0.5, 0.6) is 5.75 Å². The fraction of sp³-hybridized carbons (Fsp3) is 0.385. The van der Waals surface area contributed by atoms with Crippen molar-refractivity contribution in [2.24, 2.45) is 0 Å². The van der Waals surface area contributed by atoms with Crippen molar-refractivity contribution in [3.63, 3.8) is 0 Å². The number of aromatic nitrogens is 2. The highest BCUT2D eigenvalue weighted by molar-refractivity contribution is 5.94. The molecule has 1 aliphatic heterocycles. The molecule has 1 saturated heterocycles. The molecule has 1 aliphatic rings. The maximum Gasteiger partial charge on any atom is 0.254 e. The molecule has 0 spiro atoms. The first kappa shape index (κ1) is 23.0. The highest BCUT2D eigenvalue weighted by atomic mass is 16.5. The Morgan fingerprint density at radius 1 is 1.09 bits per heavy atom. The largest absolute Gasteiger partial charge is 0.497 e. The molecule has 4 rings (SSSR count). The Bertz CT molecular complexity index is 1020. The van der Waals surface area contributed by atoms with Crippen molar-refractivity contribution in [2.45, 2.75) is 20.0 Å². The third-order valence-corrected chi connectivity index (χ3v) is 6.02. The molecule has 2 heterocycles. The molecule has 174 valence electrons. The Balaban J connectivity index is 1.49. The van der Waals surface area contributed by atoms with E-state index in [1.807, 2.05) is 54.4 Å². The average molecular weight is 449 g/mol. The highest BCUT2D eigenvalue weighted by Crippen LogP contribution is 2.15. The van der Waals surface area contributed by atoms with Crippen molar-refractivity contribution in [3.05, 3.63) is 83.4 Å². The van der Waals surface area contributed by atoms with Crippen LogP contribution in [0.4, 0.5) is 0 Å². The van der Waals surface area contributed by atoms with Gasteiger partial charge in [0, 0.05) is 50.7 Å². The van der Waals surface area contributed by atoms with Crippen LogP contribution in [0.25, 0.3) is 0 Å². The molecule has 7 heteroatoms. The molecule has 2 aromatic carbocycles. The van der Waals surface area contributed by atoms with Crippen LogP contribution < -0.4 is 4.74 Å². The van der Waals surface area contributed by atoms with Gasteiger partial charge in [0.2, 0.25) is 0 Å². The molecule has 0 radical (unpaired) electrons. The molecule has 7 nitrogen and oxygen atoms in total. The number of nitrogens with zero attached hydrogens (tertiary/aromatic N) is 4. The highest BCUT2D eigenvalue weighted by Gasteiger charge is 2.20. The summed E-state index contributed by atoms with van der Waals surface area (Å²) in [6, 6.07) is 15.8. The van der Waals surface area contributed by atoms with Crippen LogP contribution in [0.3, 0.4) is 0 Å². The third-order valence-electron chi connectivity index (χ3n) is 6.02. The van der Waals surface area contributed by atoms with Gasteiger partial charge in [0.25, 0.3) is 5.91 Å². The van der Waals surface area contributed by atoms with E-state index in [1.54, 1.807) is 13.3 Å². The van der Waals surface area contributed by atoms with E-state index in [9.17, 15) is 4.79 Å². The molecule has 0 atom stereocenters. The average Bonchev–Trinajstić information content (AvgIpc) is 3.29. The number of morpholine rings is 1. The van der Waals surface area contributed by atoms with Crippen molar-refractivity contribution >= 4 is 5.91 Å². The number of imidazole rings is 1. The molecule has 1 amide bonds. The van der Waals surface area contributed by atoms with Gasteiger partial charge in [0.1, 0.15) is 11.6 Å². The molecule has 0 bridgehead atoms. The van der Waals surface area contributed by atoms with Gasteiger partial charge in [-0.15, -0.1) is 0 Å². The standard InChI is InChI=1S/C26H32N4O3/c1-21-3-7-23(8-4-21)26(31)30(14-13-28-15-17-33-18-16-28)20-25-27-11-12-29(25)19-22-5-9-24(32-2)10-6-22/h3-12H,13-20H2,1-2H3. The SMILES string of the molecule is COc1ccc(Cn2ccnc2CN(CCN2CCOCC2)C(=O)c2ccc(C)cc2)cc1. The zero-order chi connectivity index (χ0) is 23.0. The van der Waals surface area contributed by atoms with Gasteiger partial charge in [-0.3, -0.25) is 9.69 Å². The number of rotatable bonds is 9. The maximum absolute atomic E-state index is 13.4. The first-order valence-electron chi connectivity index (χ1n) is 11.4. The summed E-state index contributed by atoms with van der Waals surface area (Å²) >= 11 is 0. The van der Waals surface area contributed by atoms with E-state index in [1.165, 1.54) is 0 Å². The molecular weight excluding hydrogens is 416 g/mol. The summed E-state index contributed by atoms with van der Waals surface area (Å²) < 4.78 is 12.8. The van der Waals surface area contributed by atoms with Crippen LogP contribution in [-0.4, -0.2) is 71.8 Å². The Kier molecular flexibility index (Phi) is 7.75. The monoisotopic (exact) mass is 448 g/mol. The van der Waals surface area contributed by atoms with Crippen molar-refractivity contribution in [1.29, 1.82) is 0 Å². The van der Waals surface area contributed by atoms with E-state index in [2.05, 4.69) is 26.6 Å². The van der Waals surface area contributed by atoms with E-state index in [4.69, 9.17) is 9.47 Å². The fourth-order valence-corrected chi connectivity index (χ4v) is 3.95. The van der Waals surface area contributed by atoms with Crippen LogP contribution in [0, 0.1) is 6.92 Å². The maximum atomic E-state index is 13.4. The van der Waals surface area contributed by atoms with Gasteiger partial charge in [-0.1, -0.05) is 29.8 Å². The molecule has 0 saturated carbocycles. The molecule has 0 aliphatic carbocycles. The molecule has 0 unspecified atom stereocenters. The third kappa shape index (κ3) is 6.21. The second-order valence-corrected chi connectivity index (χ2v) is 8.37. The van der Waals surface area contributed by atoms with Crippen LogP contribution in [0.1, 0.15) is 27.3 Å². The number of methoxy groups -OCH3 is 1. The molecule has 1 aromatic heterocycles. The van der Waals surface area contributed by atoms with Crippen LogP contribution in [-0.2, 0) is 17.8 Å². The molecule has 1 fully saturated rings. The van der Waals surface area contributed by atoms with Gasteiger partial charge in [-0.05, 0) is 36.8 Å². The Hall–Kier alpha value is -3.16. The van der Waals surface area contributed by atoms with Crippen LogP contribution >= 0.6 is 0 Å². The Morgan fingerprint density at radius 3 is 2.52 bits per heavy atom. The van der Waals surface area contributed by atoms with Gasteiger partial charge in [-0.2, -0.15) is 0 Å². The number of carbonyl (C=O) groups is 1. The molecular formula is C26H32N4O3. The van der Waals surface area contributed by atoms with Crippen molar-refractivity contribution in [2.75, 3.05) is 46.5 Å². The quantitative estimate of drug-likeness (QED) is 0.503. The van der Waals surface area contributed by atoms with E-state index >= 15 is 0 Å². The van der Waals surface area contributed by atoms with Crippen LogP contribution in [0.15, 0.2) is 60.9 Å². The van der Waals surface area contributed by atoms with Gasteiger partial charge in [-0.25, -0.2) is 4.98 Å². The molecule has 33 heavy (non-hydrogen) atoms. The second-order valence-electron chi connectivity index (χ2n) is 8.37.